The highest BCUT2D eigenvalue weighted by molar-refractivity contribution is 9.10. The number of aryl methyl sites for hydroxylation is 2. The molecule has 5 rings (SSSR count). The van der Waals surface area contributed by atoms with E-state index in [1.165, 1.54) is 6.92 Å². The molecule has 206 valence electrons. The third-order valence-electron chi connectivity index (χ3n) is 7.31. The molecule has 2 atom stereocenters. The molecule has 3 aromatic heterocycles. The number of rotatable bonds is 6. The number of likely N-dealkylation sites (tertiary alicyclic amines) is 1. The largest absolute Gasteiger partial charge is 0.329 e. The first kappa shape index (κ1) is 27.6. The van der Waals surface area contributed by atoms with Crippen LogP contribution in [0.2, 0.25) is 0 Å². The lowest BCUT2D eigenvalue weighted by Crippen LogP contribution is -2.54. The standard InChI is InChI=1S/C29H30BrN7O3/c1-16-6-5-11-36(27(16)29(40)34-28-17(2)7-10-24(30)33-28)25(39)15-37-23-9-8-20(21-13-31-19(4)32-14-21)12-22(23)26(35-37)18(3)38/h7-10,12-14,16,27H,5-6,11,15H2,1-4H3,(H,33,34,40)/t16?,27-/m0/s1. The van der Waals surface area contributed by atoms with Crippen LogP contribution >= 0.6 is 15.9 Å². The molecule has 0 radical (unpaired) electrons. The molecule has 0 bridgehead atoms. The molecule has 4 aromatic rings. The van der Waals surface area contributed by atoms with E-state index in [0.717, 1.165) is 29.5 Å². The number of anilines is 1. The Kier molecular flexibility index (Phi) is 7.75. The average molecular weight is 605 g/mol. The van der Waals surface area contributed by atoms with Crippen LogP contribution in [0.5, 0.6) is 0 Å². The first-order valence-electron chi connectivity index (χ1n) is 13.2. The third kappa shape index (κ3) is 5.51. The summed E-state index contributed by atoms with van der Waals surface area (Å²) in [5.41, 5.74) is 3.44. The lowest BCUT2D eigenvalue weighted by atomic mass is 9.90. The van der Waals surface area contributed by atoms with Gasteiger partial charge in [-0.25, -0.2) is 15.0 Å². The summed E-state index contributed by atoms with van der Waals surface area (Å²) in [4.78, 5) is 54.2. The van der Waals surface area contributed by atoms with E-state index in [2.05, 4.69) is 41.3 Å². The fraction of sp³-hybridized carbons (Fsp3) is 0.345. The zero-order valence-corrected chi connectivity index (χ0v) is 24.4. The Balaban J connectivity index is 1.43. The van der Waals surface area contributed by atoms with Gasteiger partial charge >= 0.3 is 0 Å². The number of hydrogen-bond acceptors (Lipinski definition) is 7. The molecule has 1 aliphatic heterocycles. The molecule has 11 heteroatoms. The van der Waals surface area contributed by atoms with Crippen LogP contribution in [0.3, 0.4) is 0 Å². The lowest BCUT2D eigenvalue weighted by Gasteiger charge is -2.39. The van der Waals surface area contributed by atoms with Gasteiger partial charge < -0.3 is 10.2 Å². The van der Waals surface area contributed by atoms with Crippen LogP contribution < -0.4 is 5.32 Å². The summed E-state index contributed by atoms with van der Waals surface area (Å²) in [5, 5.41) is 8.09. The number of nitrogens with zero attached hydrogens (tertiary/aromatic N) is 6. The van der Waals surface area contributed by atoms with Crippen molar-refractivity contribution in [3.8, 4) is 11.1 Å². The van der Waals surface area contributed by atoms with Crippen LogP contribution in [-0.2, 0) is 16.1 Å². The van der Waals surface area contributed by atoms with Crippen molar-refractivity contribution < 1.29 is 14.4 Å². The molecule has 1 N–H and O–H groups in total. The van der Waals surface area contributed by atoms with E-state index in [1.54, 1.807) is 22.0 Å². The third-order valence-corrected chi connectivity index (χ3v) is 7.75. The maximum Gasteiger partial charge on any atom is 0.248 e. The molecule has 1 fully saturated rings. The van der Waals surface area contributed by atoms with Crippen LogP contribution in [0.15, 0.2) is 47.3 Å². The number of piperidine rings is 1. The smallest absolute Gasteiger partial charge is 0.248 e. The highest BCUT2D eigenvalue weighted by Gasteiger charge is 2.37. The zero-order chi connectivity index (χ0) is 28.6. The van der Waals surface area contributed by atoms with Gasteiger partial charge in [0.2, 0.25) is 11.8 Å². The summed E-state index contributed by atoms with van der Waals surface area (Å²) in [6.07, 6.45) is 5.10. The maximum atomic E-state index is 13.7. The van der Waals surface area contributed by atoms with E-state index in [0.29, 0.717) is 33.7 Å². The van der Waals surface area contributed by atoms with Gasteiger partial charge in [-0.15, -0.1) is 0 Å². The van der Waals surface area contributed by atoms with Gasteiger partial charge in [-0.05, 0) is 77.9 Å². The molecule has 2 amide bonds. The number of ketones is 1. The molecule has 4 heterocycles. The number of nitrogens with one attached hydrogen (secondary N) is 1. The summed E-state index contributed by atoms with van der Waals surface area (Å²) >= 11 is 3.35. The summed E-state index contributed by atoms with van der Waals surface area (Å²) < 4.78 is 2.17. The molecule has 1 saturated heterocycles. The summed E-state index contributed by atoms with van der Waals surface area (Å²) in [6.45, 7) is 7.50. The van der Waals surface area contributed by atoms with Crippen molar-refractivity contribution in [2.75, 3.05) is 11.9 Å². The van der Waals surface area contributed by atoms with Crippen LogP contribution in [0.1, 0.15) is 48.6 Å². The molecule has 0 saturated carbocycles. The predicted molar refractivity (Wildman–Crippen MR) is 155 cm³/mol. The second-order valence-corrected chi connectivity index (χ2v) is 11.1. The highest BCUT2D eigenvalue weighted by atomic mass is 79.9. The van der Waals surface area contributed by atoms with Crippen molar-refractivity contribution in [1.29, 1.82) is 0 Å². The summed E-state index contributed by atoms with van der Waals surface area (Å²) in [6, 6.07) is 8.65. The second kappa shape index (κ2) is 11.2. The Labute approximate surface area is 240 Å². The Morgan fingerprint density at radius 1 is 1.07 bits per heavy atom. The van der Waals surface area contributed by atoms with Crippen LogP contribution in [0.25, 0.3) is 22.0 Å². The Bertz CT molecular complexity index is 1620. The van der Waals surface area contributed by atoms with Gasteiger partial charge in [0.15, 0.2) is 5.78 Å². The fourth-order valence-corrected chi connectivity index (χ4v) is 5.50. The van der Waals surface area contributed by atoms with Crippen molar-refractivity contribution in [1.82, 2.24) is 29.6 Å². The van der Waals surface area contributed by atoms with Crippen LogP contribution in [-0.4, -0.2) is 59.8 Å². The minimum atomic E-state index is -0.649. The van der Waals surface area contributed by atoms with E-state index in [4.69, 9.17) is 0 Å². The molecular weight excluding hydrogens is 574 g/mol. The molecule has 1 aliphatic rings. The number of carbonyl (C=O) groups is 3. The Hall–Kier alpha value is -3.99. The molecule has 10 nitrogen and oxygen atoms in total. The van der Waals surface area contributed by atoms with Crippen molar-refractivity contribution in [3.63, 3.8) is 0 Å². The molecule has 0 spiro atoms. The quantitative estimate of drug-likeness (QED) is 0.249. The second-order valence-electron chi connectivity index (χ2n) is 10.3. The lowest BCUT2D eigenvalue weighted by molar-refractivity contribution is -0.143. The molecule has 1 unspecified atom stereocenters. The van der Waals surface area contributed by atoms with Gasteiger partial charge in [0.1, 0.15) is 34.5 Å². The van der Waals surface area contributed by atoms with Crippen LogP contribution in [0, 0.1) is 19.8 Å². The van der Waals surface area contributed by atoms with Crippen molar-refractivity contribution in [2.24, 2.45) is 5.92 Å². The van der Waals surface area contributed by atoms with Gasteiger partial charge in [0.25, 0.3) is 0 Å². The number of fused-ring (bicyclic) bond motifs is 1. The summed E-state index contributed by atoms with van der Waals surface area (Å²) in [7, 11) is 0. The SMILES string of the molecule is CC(=O)c1nn(CC(=O)N2CCCC(C)[C@H]2C(=O)Nc2nc(Br)ccc2C)c2ccc(-c3cnc(C)nc3)cc12. The molecule has 40 heavy (non-hydrogen) atoms. The zero-order valence-electron chi connectivity index (χ0n) is 22.8. The number of Topliss-reactive ketones (excluding diaryl/α,β-unsaturated/α-hetero) is 1. The number of amides is 2. The van der Waals surface area contributed by atoms with E-state index >= 15 is 0 Å². The highest BCUT2D eigenvalue weighted by Crippen LogP contribution is 2.29. The molecular formula is C29H30BrN7O3. The van der Waals surface area contributed by atoms with E-state index < -0.39 is 6.04 Å². The van der Waals surface area contributed by atoms with Crippen molar-refractivity contribution >= 4 is 50.2 Å². The fourth-order valence-electron chi connectivity index (χ4n) is 5.19. The van der Waals surface area contributed by atoms with Gasteiger partial charge in [-0.1, -0.05) is 19.1 Å². The van der Waals surface area contributed by atoms with E-state index in [-0.39, 0.29) is 35.8 Å². The van der Waals surface area contributed by atoms with Crippen molar-refractivity contribution in [3.05, 3.63) is 64.4 Å². The number of benzene rings is 1. The Morgan fingerprint density at radius 2 is 1.82 bits per heavy atom. The van der Waals surface area contributed by atoms with Crippen LogP contribution in [0.4, 0.5) is 5.82 Å². The summed E-state index contributed by atoms with van der Waals surface area (Å²) in [5.74, 6) is 0.391. The minimum absolute atomic E-state index is 0.0356. The number of pyridine rings is 1. The minimum Gasteiger partial charge on any atom is -0.329 e. The van der Waals surface area contributed by atoms with Gasteiger partial charge in [-0.2, -0.15) is 5.10 Å². The average Bonchev–Trinajstić information content (AvgIpc) is 3.28. The first-order valence-corrected chi connectivity index (χ1v) is 14.0. The molecule has 0 aliphatic carbocycles. The van der Waals surface area contributed by atoms with Gasteiger partial charge in [0.05, 0.1) is 5.52 Å². The van der Waals surface area contributed by atoms with Gasteiger partial charge in [0, 0.05) is 36.8 Å². The number of hydrogen-bond donors (Lipinski definition) is 1. The Morgan fingerprint density at radius 3 is 2.55 bits per heavy atom. The van der Waals surface area contributed by atoms with E-state index in [9.17, 15) is 14.4 Å². The van der Waals surface area contributed by atoms with Crippen molar-refractivity contribution in [2.45, 2.75) is 53.1 Å². The number of carbonyl (C=O) groups excluding carboxylic acids is 3. The van der Waals surface area contributed by atoms with Gasteiger partial charge in [-0.3, -0.25) is 19.1 Å². The monoisotopic (exact) mass is 603 g/mol. The topological polar surface area (TPSA) is 123 Å². The predicted octanol–water partition coefficient (Wildman–Crippen LogP) is 4.74. The van der Waals surface area contributed by atoms with E-state index in [1.807, 2.05) is 51.1 Å². The normalized spacial score (nSPS) is 17.2. The first-order chi connectivity index (χ1) is 19.1. The maximum absolute atomic E-state index is 13.7. The molecule has 1 aromatic carbocycles. The number of aromatic nitrogens is 5. The number of halogens is 1.